The van der Waals surface area contributed by atoms with Gasteiger partial charge >= 0.3 is 27.2 Å². The summed E-state index contributed by atoms with van der Waals surface area (Å²) < 4.78 is 38.2. The molecule has 0 radical (unpaired) electrons. The molecule has 4 N–H and O–H groups in total. The normalized spacial score (nSPS) is 11.8. The fourth-order valence-electron chi connectivity index (χ4n) is 2.84. The van der Waals surface area contributed by atoms with Crippen molar-refractivity contribution < 1.29 is 446 Å². The van der Waals surface area contributed by atoms with E-state index in [1.807, 2.05) is 0 Å². The fourth-order valence-corrected chi connectivity index (χ4v) is 7.14. The first kappa shape index (κ1) is 39.0. The van der Waals surface area contributed by atoms with Crippen LogP contribution in [0, 0.1) is 20.2 Å². The van der Waals surface area contributed by atoms with E-state index in [4.69, 9.17) is 32.2 Å². The Hall–Kier alpha value is -1.02. The van der Waals surface area contributed by atoms with Crippen molar-refractivity contribution >= 4 is 82.3 Å². The summed E-state index contributed by atoms with van der Waals surface area (Å²) in [6, 6.07) is 0. The fraction of sp³-hybridized carbons (Fsp3) is 0.667. The van der Waals surface area contributed by atoms with Crippen molar-refractivity contribution in [2.45, 2.75) is 13.2 Å². The Morgan fingerprint density at radius 1 is 0.833 bits per heavy atom. The predicted molar refractivity (Wildman–Crippen MR) is 785 cm³/mol. The van der Waals surface area contributed by atoms with Gasteiger partial charge < -0.3 is 20.2 Å². The molecule has 0 aliphatic rings. The van der Waals surface area contributed by atoms with E-state index in [-0.39, 0.29) is 468 Å². The lowest BCUT2D eigenvalue weighted by molar-refractivity contribution is -0.396. The number of imidazole rings is 2. The topological polar surface area (TPSA) is 223 Å². The highest BCUT2D eigenvalue weighted by Crippen LogP contribution is 2.39. The van der Waals surface area contributed by atoms with Crippen LogP contribution in [-0.2, 0) is 45.5 Å². The minimum absolute atomic E-state index is 0. The number of halogens is 4. The molecule has 0 bridgehead atoms. The van der Waals surface area contributed by atoms with Gasteiger partial charge in [0, 0.05) is 467 Å². The van der Waals surface area contributed by atoms with E-state index in [0.717, 1.165) is 0 Å². The van der Waals surface area contributed by atoms with E-state index in [1.165, 1.54) is 35.6 Å². The third kappa shape index (κ3) is 13.3. The molecule has 2 aromatic rings. The van der Waals surface area contributed by atoms with Crippen LogP contribution >= 0.6 is 70.4 Å². The van der Waals surface area contributed by atoms with Crippen LogP contribution in [0.25, 0.3) is 0 Å². The molecule has 0 aliphatic carbocycles. The Morgan fingerprint density at radius 2 is 1.17 bits per heavy atom. The molecule has 0 atom stereocenters. The molecule has 2 aromatic heterocycles. The van der Waals surface area contributed by atoms with Gasteiger partial charge in [-0.1, -0.05) is 41.8 Å². The molecule has 0 fully saturated rings. The van der Waals surface area contributed by atoms with Crippen LogP contribution in [0.5, 0.6) is 0 Å². The van der Waals surface area contributed by atoms with Crippen LogP contribution in [0.3, 0.4) is 0 Å². The van der Waals surface area contributed by atoms with Crippen molar-refractivity contribution in [2.75, 3.05) is 48.6 Å². The maximum atomic E-state index is 12.5. The van der Waals surface area contributed by atoms with Gasteiger partial charge in [0.1, 0.15) is 37.0 Å². The number of rotatable bonds is 20. The van der Waals surface area contributed by atoms with Gasteiger partial charge in [0.15, 0.2) is 0 Å². The second-order valence-electron chi connectivity index (χ2n) is 7.77. The van der Waals surface area contributed by atoms with E-state index in [0.29, 0.717) is 35.1 Å². The van der Waals surface area contributed by atoms with Gasteiger partial charge in [0.25, 0.3) is 0 Å². The number of nitro groups is 2. The molecule has 0 aromatic carbocycles. The summed E-state index contributed by atoms with van der Waals surface area (Å²) in [5, 5.41) is 33.6. The first-order valence-corrected chi connectivity index (χ1v) is 18.5. The van der Waals surface area contributed by atoms with Crippen LogP contribution in [-0.4, -0.2) is 77.5 Å². The van der Waals surface area contributed by atoms with Crippen LogP contribution in [0.4, 0.5) is 11.9 Å². The average molecular weight is 1400 g/mol. The summed E-state index contributed by atoms with van der Waals surface area (Å²) in [4.78, 5) is 27.5. The maximum Gasteiger partial charge on any atom is 0.434 e. The third-order valence-corrected chi connectivity index (χ3v) is 9.61. The van der Waals surface area contributed by atoms with Crippen LogP contribution in [0.15, 0.2) is 12.4 Å². The first-order chi connectivity index (χ1) is 19.9. The van der Waals surface area contributed by atoms with Crippen molar-refractivity contribution in [1.29, 1.82) is 0 Å². The lowest BCUT2D eigenvalue weighted by atomic mass is 10.5. The average Bonchev–Trinajstić information content (AvgIpc) is 3.53. The highest BCUT2D eigenvalue weighted by molar-refractivity contribution is 9.09. The van der Waals surface area contributed by atoms with E-state index in [9.17, 15) is 29.4 Å². The third-order valence-electron chi connectivity index (χ3n) is 4.89. The van der Waals surface area contributed by atoms with E-state index < -0.39 is 25.2 Å². The molecule has 2 heterocycles. The first-order valence-electron chi connectivity index (χ1n) is 11.9. The molecule has 0 unspecified atom stereocenters. The highest BCUT2D eigenvalue weighted by atomic mass is 79.9. The molecule has 18 nitrogen and oxygen atoms in total. The zero-order valence-electron chi connectivity index (χ0n) is 22.6. The van der Waals surface area contributed by atoms with Gasteiger partial charge in [-0.3, -0.25) is 18.2 Å². The maximum absolute atomic E-state index is 12.5. The predicted octanol–water partition coefficient (Wildman–Crippen LogP) is 75.6. The number of hydrogen-bond acceptors (Lipinski definition) is 10. The zero-order valence-corrected chi connectivity index (χ0v) is 29.1. The Balaban J connectivity index is -0.000000000193. The van der Waals surface area contributed by atoms with Gasteiger partial charge in [-0.25, -0.2) is 29.5 Å². The summed E-state index contributed by atoms with van der Waals surface area (Å²) >= 11 is 17.5. The number of nitrogens with zero attached hydrogens (tertiary/aromatic N) is 6. The lowest BCUT2D eigenvalue weighted by Gasteiger charge is -2.19. The summed E-state index contributed by atoms with van der Waals surface area (Å²) in [7, 11) is -3.57. The molecule has 0 saturated carbocycles. The number of alkyl halides is 4. The minimum Gasteiger partial charge on any atom is -0.390 e. The van der Waals surface area contributed by atoms with Gasteiger partial charge in [-0.2, -0.15) is 0 Å². The molecule has 42 heavy (non-hydrogen) atoms. The largest absolute Gasteiger partial charge is 0.434 e. The lowest BCUT2D eigenvalue weighted by Crippen LogP contribution is -2.27. The molecule has 0 saturated heterocycles. The zero-order chi connectivity index (χ0) is 31.8. The Bertz CT molecular complexity index is 1310. The Kier molecular flexibility index (Phi) is 18.7. The summed E-state index contributed by atoms with van der Waals surface area (Å²) in [5.74, 6) is -0.0867. The molecule has 2 rings (SSSR count). The van der Waals surface area contributed by atoms with Gasteiger partial charge in [-0.15, -0.1) is 23.2 Å². The quantitative estimate of drug-likeness (QED) is 0.0419. The minimum atomic E-state index is -3.33. The number of nitrogens with one attached hydrogen (secondary N) is 4. The van der Waals surface area contributed by atoms with Gasteiger partial charge in [-0.05, 0) is 9.85 Å². The van der Waals surface area contributed by atoms with Crippen molar-refractivity contribution in [1.82, 2.24) is 39.5 Å². The summed E-state index contributed by atoms with van der Waals surface area (Å²) in [5.41, 5.74) is 0.880. The highest BCUT2D eigenvalue weighted by Gasteiger charge is 2.26. The van der Waals surface area contributed by atoms with Crippen molar-refractivity contribution in [3.05, 3.63) is 44.0 Å². The van der Waals surface area contributed by atoms with E-state index in [1.54, 1.807) is 0 Å². The number of aromatic nitrogens is 4. The monoisotopic (exact) mass is 1400 g/mol. The van der Waals surface area contributed by atoms with E-state index >= 15 is 0 Å². The van der Waals surface area contributed by atoms with Gasteiger partial charge in [0.2, 0.25) is 0 Å². The van der Waals surface area contributed by atoms with Crippen LogP contribution < -0.4 is 20.3 Å². The smallest absolute Gasteiger partial charge is 0.390 e. The molecule has 0 amide bonds. The Morgan fingerprint density at radius 3 is 1.43 bits per heavy atom. The van der Waals surface area contributed by atoms with E-state index in [2.05, 4.69) is 62.2 Å². The molecule has 826 valence electrons. The standard InChI is InChI=1S/C9H16Br2N5O4P.C9H16Cl2N5O4P.293H2/c2*1-15-8(6-12-9(15)16(17)18)7-20-21(19,13-4-2-10)14-5-3-11;;;;;;;;;;;;;;;;;;;;;;;;;;;;;;;;;;;;;;;;;;;;;;;;;;;;;;;;;;;;;;;;;;;;;;;;;;;;;;;;;;;;;;;;;;;;;;;;;;;;;;;;;;;;;;;;;;;;;;;;;;;;;;;;;;;;;;;;;;;;;;;;;;;;;;;;;;;;;;;;;;;;;;;;;;;;;;;;;;;;;;;;;;;;;;;;;;;;;;;;;;;;;;;;;;;;;;;;;;;;;;;;;;;;;;;;;;;;;;;;;;;;;;;;;;;;;;;;;;;;;;;;;;;;;;;;;;;;;;;;;;;;;;;;;;;;;/h2*6H,2-5,7H2,1H3,(H2,13,14,19);293*1H/i;;2*1+2;;;;;;;;;;;;;;;;;;;;;;;;;;;;;;;;;;;;;;;;;;;;;;;;;;;;;;;;;;;;;;;;;;;;;;;;;;;;;;;;;;;;;;;;;;;;;;;;;;;;;;;;;;;;;;;;;;;;;;;;;;;;;;;;;;;;;;;;;;;;;;;;;;;;;;;;;;;;;;;;;;;;;;;;;;;;;;;;;;;;;;;;;;;;;;;;;;;;;;;;;;;;;;;;;;;;;;;;;;;;;;;;;;;;;;;;;;;;;;;;;;;;;;;;;;;;;;;;;;;;;;;;;;;;;;;;;;;;;;;;;;;;;;;;;;;. The van der Waals surface area contributed by atoms with Crippen LogP contribution in [0.1, 0.15) is 429 Å². The van der Waals surface area contributed by atoms with Crippen molar-refractivity contribution in [3.8, 4) is 0 Å². The molecule has 0 aliphatic heterocycles. The summed E-state index contributed by atoms with van der Waals surface area (Å²) in [6.45, 7) is 1.30. The molecular weight excluding hydrogens is 777 g/mol. The van der Waals surface area contributed by atoms with Crippen molar-refractivity contribution in [3.63, 3.8) is 0 Å². The van der Waals surface area contributed by atoms with Crippen molar-refractivity contribution in [2.24, 2.45) is 14.1 Å². The second-order valence-corrected chi connectivity index (χ2v) is 14.1. The summed E-state index contributed by atoms with van der Waals surface area (Å²) in [6.07, 6.45) is 2.63. The second kappa shape index (κ2) is 20.1. The Labute approximate surface area is 703 Å². The SMILES string of the molecule is Cn1c(COP(=O)(NCCBr)NCCBr)cnc1[N+](=O)[O-].Cn1c(COP(=O)(NCCCl)NCCCl)cnc1[N+](=O)[O-].[3HH].[3HH].[HH].[HH].[HH].[HH].[HH].[HH].[HH].[HH].[HH].[HH].[HH].[HH].[HH].[HH].[HH].[HH].[HH].[HH].[HH].[HH].[HH].[HH].[HH].[HH].[HH].[HH].[HH].[HH].[HH].[HH].[HH].[HH].[HH].[HH].[HH].[HH].[HH].[HH].[HH].[HH].[HH].[HH].[HH].[HH].[HH].[HH].[HH].[HH].[HH].[HH].[HH].[HH].[HH].[HH].[HH].[HH].[HH].[HH].[HH].[HH].[HH].[HH].[HH].[HH].[HH].[HH].[HH].[HH].[HH].[HH].[HH].[HH].[HH].[HH].[HH].[HH].[HH].[HH].[HH].[HH].[HH].[HH].[HH].[HH].[HH].[HH].[HH].[HH].[HH].[HH].[HH].[HH].[HH].[HH].[HH].[HH].[HH].[HH].[HH].[HH].[HH].[HH].[HH].[HH].[HH].[HH].[HH].[HH].[HH].[HH].[HH].[HH].[HH].[HH].[HH].[HH].[HH].[HH].[HH].[HH].[HH].[HH].[HH].[HH].[HH].[HH].[HH].[HH].[HH].[HH].[HH].[HH].[HH].[HH].[HH].[HH].[HH].[HH].[HH].[HH].[HH].[HH].[HH].[HH].[HH].[HH].[HH].[HH].[HH].[HH].[HH].[HH].[HH].[HH].[HH].[HH].[HH].[HH].[HH].[HH].[HH].[HH].[HH].[HH].[HH].[HH].[HH].[HH].[HH].[HH].[HH].[HH].[HH].[HH].[HH].[HH].[HH].[HH].[HH].[HH].[HH].[HH].[HH].[HH].[HH].[HH].[HH].[HH].[HH].[HH].[HH].[HH].[HH].[HH].[HH].[HH].[HH].[HH].[HH].[HH].[HH].[HH].[HH].[HH].[HH].[HH].[HH].[HH].[HH].[HH].[HH].[HH].[HH].[HH].[HH].[HH].[HH].[HH].[HH].[HH].[HH].[HH].[HH].[HH].[HH].[HH].[HH].[HH].[HH].[HH].[HH].[HH].[HH].[HH].[HH].[HH].[HH].[HH].[HH].[HH].[HH].[HH].[HH].[HH].[HH].[HH].[HH].[HH].[HH].[HH].[HH].[HH].[HH].[HH].[HH].[HH].[HH].[HH].[HH].[HH].[HH].[HH].[HH].[HH].[HH].[HH].[HH].[HH].[HH].[HH].[HH].[HH].[HH].[HH].[HH].[HH].[HH].[HH].[HH].[HH].[HH].[HH].[HH].[HH].[HH].[HH].[HH].[HH].[HH].[HH].[HH]. The number of hydrogen-bond donors (Lipinski definition) is 4. The van der Waals surface area contributed by atoms with Gasteiger partial charge in [0.05, 0.1) is 14.1 Å². The molecule has 24 heteroatoms. The molecule has 0 spiro atoms. The molecular formula is C18H618Br2Cl2N10O8P2. The van der Waals surface area contributed by atoms with Crippen LogP contribution in [0.2, 0.25) is 0 Å².